The van der Waals surface area contributed by atoms with E-state index < -0.39 is 0 Å². The molecule has 5 nitrogen and oxygen atoms in total. The first-order valence-electron chi connectivity index (χ1n) is 7.91. The zero-order valence-electron chi connectivity index (χ0n) is 14.2. The molecule has 0 aliphatic heterocycles. The van der Waals surface area contributed by atoms with Gasteiger partial charge in [-0.1, -0.05) is 29.8 Å². The summed E-state index contributed by atoms with van der Waals surface area (Å²) in [6.45, 7) is 2.43. The molecule has 25 heavy (non-hydrogen) atoms. The smallest absolute Gasteiger partial charge is 0.226 e. The van der Waals surface area contributed by atoms with Crippen molar-refractivity contribution in [3.63, 3.8) is 0 Å². The number of hydrogen-bond acceptors (Lipinski definition) is 5. The Morgan fingerprint density at radius 3 is 2.96 bits per heavy atom. The van der Waals surface area contributed by atoms with Crippen molar-refractivity contribution < 1.29 is 9.53 Å². The van der Waals surface area contributed by atoms with Crippen LogP contribution in [0.3, 0.4) is 0 Å². The minimum Gasteiger partial charge on any atom is -0.481 e. The summed E-state index contributed by atoms with van der Waals surface area (Å²) in [5.74, 6) is 0.449. The summed E-state index contributed by atoms with van der Waals surface area (Å²) in [7, 11) is 1.57. The van der Waals surface area contributed by atoms with Gasteiger partial charge < -0.3 is 10.1 Å². The van der Waals surface area contributed by atoms with Crippen molar-refractivity contribution >= 4 is 17.2 Å². The highest BCUT2D eigenvalue weighted by atomic mass is 32.1. The molecule has 2 aromatic heterocycles. The monoisotopic (exact) mass is 353 g/mol. The molecule has 1 N–H and O–H groups in total. The lowest BCUT2D eigenvalue weighted by Gasteiger charge is -2.07. The van der Waals surface area contributed by atoms with E-state index in [2.05, 4.69) is 34.3 Å². The number of hydrogen-bond donors (Lipinski definition) is 1. The van der Waals surface area contributed by atoms with E-state index in [1.165, 1.54) is 5.56 Å². The summed E-state index contributed by atoms with van der Waals surface area (Å²) in [6, 6.07) is 11.9. The van der Waals surface area contributed by atoms with Crippen LogP contribution in [0.2, 0.25) is 0 Å². The molecule has 6 heteroatoms. The molecule has 0 aliphatic rings. The Labute approximate surface area is 150 Å². The summed E-state index contributed by atoms with van der Waals surface area (Å²) >= 11 is 1.55. The molecule has 0 atom stereocenters. The van der Waals surface area contributed by atoms with E-state index in [1.54, 1.807) is 24.6 Å². The van der Waals surface area contributed by atoms with Gasteiger partial charge in [0, 0.05) is 29.2 Å². The zero-order valence-corrected chi connectivity index (χ0v) is 15.0. The van der Waals surface area contributed by atoms with E-state index in [9.17, 15) is 4.79 Å². The van der Waals surface area contributed by atoms with Crippen LogP contribution in [0, 0.1) is 6.92 Å². The predicted molar refractivity (Wildman–Crippen MR) is 98.6 cm³/mol. The van der Waals surface area contributed by atoms with E-state index in [-0.39, 0.29) is 12.3 Å². The number of thiazole rings is 1. The highest BCUT2D eigenvalue weighted by Gasteiger charge is 2.10. The zero-order chi connectivity index (χ0) is 17.6. The molecular weight excluding hydrogens is 334 g/mol. The SMILES string of the molecule is COc1ncccc1CNC(=O)Cc1csc(-c2cccc(C)c2)n1. The lowest BCUT2D eigenvalue weighted by atomic mass is 10.1. The average molecular weight is 353 g/mol. The van der Waals surface area contributed by atoms with Crippen molar-refractivity contribution in [3.05, 3.63) is 64.8 Å². The largest absolute Gasteiger partial charge is 0.481 e. The molecule has 0 fully saturated rings. The van der Waals surface area contributed by atoms with Crippen molar-refractivity contribution in [2.75, 3.05) is 7.11 Å². The topological polar surface area (TPSA) is 64.1 Å². The molecule has 0 unspecified atom stereocenters. The first-order chi connectivity index (χ1) is 12.2. The summed E-state index contributed by atoms with van der Waals surface area (Å²) in [5.41, 5.74) is 3.89. The van der Waals surface area contributed by atoms with Gasteiger partial charge in [0.1, 0.15) is 5.01 Å². The van der Waals surface area contributed by atoms with Crippen LogP contribution < -0.4 is 10.1 Å². The van der Waals surface area contributed by atoms with Gasteiger partial charge in [-0.2, -0.15) is 0 Å². The summed E-state index contributed by atoms with van der Waals surface area (Å²) in [5, 5.41) is 5.75. The van der Waals surface area contributed by atoms with Gasteiger partial charge in [0.25, 0.3) is 0 Å². The molecule has 0 saturated carbocycles. The first kappa shape index (κ1) is 17.1. The summed E-state index contributed by atoms with van der Waals surface area (Å²) in [6.07, 6.45) is 1.91. The van der Waals surface area contributed by atoms with E-state index in [0.717, 1.165) is 21.8 Å². The number of pyridine rings is 1. The number of ether oxygens (including phenoxy) is 1. The van der Waals surface area contributed by atoms with Gasteiger partial charge >= 0.3 is 0 Å². The highest BCUT2D eigenvalue weighted by molar-refractivity contribution is 7.13. The fourth-order valence-electron chi connectivity index (χ4n) is 2.46. The number of methoxy groups -OCH3 is 1. The lowest BCUT2D eigenvalue weighted by molar-refractivity contribution is -0.120. The minimum atomic E-state index is -0.0769. The van der Waals surface area contributed by atoms with E-state index >= 15 is 0 Å². The van der Waals surface area contributed by atoms with Crippen LogP contribution >= 0.6 is 11.3 Å². The van der Waals surface area contributed by atoms with Gasteiger partial charge in [-0.05, 0) is 19.1 Å². The molecule has 1 aromatic carbocycles. The van der Waals surface area contributed by atoms with Crippen molar-refractivity contribution in [1.29, 1.82) is 0 Å². The standard InChI is InChI=1S/C19H19N3O2S/c1-13-5-3-6-14(9-13)19-22-16(12-25-19)10-17(23)21-11-15-7-4-8-20-18(15)24-2/h3-9,12H,10-11H2,1-2H3,(H,21,23). The maximum absolute atomic E-state index is 12.2. The van der Waals surface area contributed by atoms with Gasteiger partial charge in [0.05, 0.1) is 19.2 Å². The third kappa shape index (κ3) is 4.42. The van der Waals surface area contributed by atoms with E-state index in [1.807, 2.05) is 29.6 Å². The Kier molecular flexibility index (Phi) is 5.40. The normalized spacial score (nSPS) is 10.5. The number of nitrogens with zero attached hydrogens (tertiary/aromatic N) is 2. The van der Waals surface area contributed by atoms with Crippen molar-refractivity contribution in [2.45, 2.75) is 19.9 Å². The summed E-state index contributed by atoms with van der Waals surface area (Å²) < 4.78 is 5.18. The van der Waals surface area contributed by atoms with Gasteiger partial charge in [0.2, 0.25) is 11.8 Å². The molecule has 0 aliphatic carbocycles. The Morgan fingerprint density at radius 2 is 2.16 bits per heavy atom. The fourth-order valence-corrected chi connectivity index (χ4v) is 3.28. The number of nitrogens with one attached hydrogen (secondary N) is 1. The van der Waals surface area contributed by atoms with E-state index in [4.69, 9.17) is 4.74 Å². The predicted octanol–water partition coefficient (Wildman–Crippen LogP) is 3.38. The van der Waals surface area contributed by atoms with Crippen LogP contribution in [0.25, 0.3) is 10.6 Å². The molecule has 0 saturated heterocycles. The molecule has 2 heterocycles. The van der Waals surface area contributed by atoms with Crippen LogP contribution in [0.1, 0.15) is 16.8 Å². The van der Waals surface area contributed by atoms with Crippen molar-refractivity contribution in [3.8, 4) is 16.5 Å². The maximum Gasteiger partial charge on any atom is 0.226 e. The number of amides is 1. The first-order valence-corrected chi connectivity index (χ1v) is 8.79. The number of carbonyl (C=O) groups excluding carboxylic acids is 1. The Morgan fingerprint density at radius 1 is 1.28 bits per heavy atom. The second kappa shape index (κ2) is 7.90. The van der Waals surface area contributed by atoms with Crippen LogP contribution in [0.4, 0.5) is 0 Å². The van der Waals surface area contributed by atoms with Crippen LogP contribution in [-0.2, 0) is 17.8 Å². The minimum absolute atomic E-state index is 0.0769. The fraction of sp³-hybridized carbons (Fsp3) is 0.211. The number of benzene rings is 1. The third-order valence-corrected chi connectivity index (χ3v) is 4.62. The second-order valence-corrected chi connectivity index (χ2v) is 6.50. The van der Waals surface area contributed by atoms with Crippen molar-refractivity contribution in [1.82, 2.24) is 15.3 Å². The number of carbonyl (C=O) groups is 1. The molecule has 3 rings (SSSR count). The van der Waals surface area contributed by atoms with E-state index in [0.29, 0.717) is 12.4 Å². The molecule has 0 bridgehead atoms. The molecule has 0 spiro atoms. The van der Waals surface area contributed by atoms with Gasteiger partial charge in [-0.25, -0.2) is 9.97 Å². The summed E-state index contributed by atoms with van der Waals surface area (Å²) in [4.78, 5) is 20.9. The van der Waals surface area contributed by atoms with Gasteiger partial charge in [-0.3, -0.25) is 4.79 Å². The van der Waals surface area contributed by atoms with Crippen LogP contribution in [-0.4, -0.2) is 23.0 Å². The number of aromatic nitrogens is 2. The second-order valence-electron chi connectivity index (χ2n) is 5.64. The lowest BCUT2D eigenvalue weighted by Crippen LogP contribution is -2.25. The quantitative estimate of drug-likeness (QED) is 0.738. The van der Waals surface area contributed by atoms with Crippen LogP contribution in [0.5, 0.6) is 5.88 Å². The van der Waals surface area contributed by atoms with Crippen molar-refractivity contribution in [2.24, 2.45) is 0 Å². The molecule has 0 radical (unpaired) electrons. The third-order valence-electron chi connectivity index (χ3n) is 3.68. The Bertz CT molecular complexity index is 876. The molecule has 128 valence electrons. The molecular formula is C19H19N3O2S. The molecule has 1 amide bonds. The average Bonchev–Trinajstić information content (AvgIpc) is 3.08. The van der Waals surface area contributed by atoms with Gasteiger partial charge in [-0.15, -0.1) is 11.3 Å². The Balaban J connectivity index is 1.60. The maximum atomic E-state index is 12.2. The number of aryl methyl sites for hydroxylation is 1. The molecule has 3 aromatic rings. The number of rotatable bonds is 6. The highest BCUT2D eigenvalue weighted by Crippen LogP contribution is 2.24. The Hall–Kier alpha value is -2.73. The van der Waals surface area contributed by atoms with Crippen LogP contribution in [0.15, 0.2) is 48.0 Å². The van der Waals surface area contributed by atoms with Gasteiger partial charge in [0.15, 0.2) is 0 Å².